The molecule has 0 saturated carbocycles. The molecule has 0 bridgehead atoms. The van der Waals surface area contributed by atoms with Crippen molar-refractivity contribution in [1.29, 1.82) is 0 Å². The van der Waals surface area contributed by atoms with Gasteiger partial charge < -0.3 is 10.5 Å². The van der Waals surface area contributed by atoms with Crippen molar-refractivity contribution in [3.8, 4) is 11.5 Å². The van der Waals surface area contributed by atoms with Crippen molar-refractivity contribution < 1.29 is 4.74 Å². The lowest BCUT2D eigenvalue weighted by Crippen LogP contribution is -2.10. The third-order valence-corrected chi connectivity index (χ3v) is 3.25. The van der Waals surface area contributed by atoms with Crippen LogP contribution in [0.4, 0.5) is 0 Å². The lowest BCUT2D eigenvalue weighted by molar-refractivity contribution is 0.479. The van der Waals surface area contributed by atoms with E-state index in [4.69, 9.17) is 33.7 Å². The largest absolute Gasteiger partial charge is 0.454 e. The molecule has 0 saturated heterocycles. The lowest BCUT2D eigenvalue weighted by atomic mass is 10.1. The molecular formula is C14H14Cl2N2O. The Hall–Kier alpha value is -1.29. The molecule has 1 atom stereocenters. The Morgan fingerprint density at radius 2 is 2.05 bits per heavy atom. The van der Waals surface area contributed by atoms with Crippen molar-refractivity contribution in [2.24, 2.45) is 5.73 Å². The van der Waals surface area contributed by atoms with Gasteiger partial charge in [0.25, 0.3) is 0 Å². The van der Waals surface area contributed by atoms with E-state index < -0.39 is 0 Å². The van der Waals surface area contributed by atoms with Gasteiger partial charge in [0.05, 0.1) is 16.9 Å². The smallest absolute Gasteiger partial charge is 0.147 e. The van der Waals surface area contributed by atoms with Crippen molar-refractivity contribution in [3.63, 3.8) is 0 Å². The summed E-state index contributed by atoms with van der Waals surface area (Å²) in [6, 6.07) is 8.67. The molecule has 2 N–H and O–H groups in total. The van der Waals surface area contributed by atoms with Crippen molar-refractivity contribution in [1.82, 2.24) is 4.98 Å². The summed E-state index contributed by atoms with van der Waals surface area (Å²) >= 11 is 11.9. The molecular weight excluding hydrogens is 283 g/mol. The molecule has 1 aromatic heterocycles. The van der Waals surface area contributed by atoms with Gasteiger partial charge >= 0.3 is 0 Å². The first-order valence-corrected chi connectivity index (χ1v) is 6.70. The van der Waals surface area contributed by atoms with Gasteiger partial charge in [0.1, 0.15) is 11.5 Å². The Bertz CT molecular complexity index is 558. The highest BCUT2D eigenvalue weighted by Crippen LogP contribution is 2.31. The van der Waals surface area contributed by atoms with Gasteiger partial charge in [-0.25, -0.2) is 0 Å². The molecule has 19 heavy (non-hydrogen) atoms. The van der Waals surface area contributed by atoms with E-state index in [9.17, 15) is 0 Å². The van der Waals surface area contributed by atoms with E-state index in [0.717, 1.165) is 12.1 Å². The molecule has 2 rings (SSSR count). The predicted octanol–water partition coefficient (Wildman–Crippen LogP) is 4.59. The van der Waals surface area contributed by atoms with Crippen molar-refractivity contribution in [2.45, 2.75) is 19.4 Å². The number of halogens is 2. The Kier molecular flexibility index (Phi) is 4.64. The Labute approximate surface area is 122 Å². The summed E-state index contributed by atoms with van der Waals surface area (Å²) in [5.41, 5.74) is 6.74. The van der Waals surface area contributed by atoms with Gasteiger partial charge in [-0.1, -0.05) is 30.1 Å². The van der Waals surface area contributed by atoms with Gasteiger partial charge in [0.15, 0.2) is 0 Å². The SMILES string of the molecule is CC[C@H](N)c1ccc(Oc2cc(Cl)ccc2Cl)cn1. The molecule has 0 unspecified atom stereocenters. The van der Waals surface area contributed by atoms with Crippen LogP contribution >= 0.6 is 23.2 Å². The standard InChI is InChI=1S/C14H14Cl2N2O/c1-2-12(17)13-6-4-10(8-18-13)19-14-7-9(15)3-5-11(14)16/h3-8,12H,2,17H2,1H3/t12-/m0/s1. The van der Waals surface area contributed by atoms with E-state index in [1.54, 1.807) is 24.4 Å². The average Bonchev–Trinajstić information content (AvgIpc) is 2.43. The minimum atomic E-state index is -0.0520. The number of ether oxygens (including phenoxy) is 1. The van der Waals surface area contributed by atoms with E-state index in [1.807, 2.05) is 19.1 Å². The lowest BCUT2D eigenvalue weighted by Gasteiger charge is -2.10. The van der Waals surface area contributed by atoms with Crippen LogP contribution in [-0.2, 0) is 0 Å². The van der Waals surface area contributed by atoms with Crippen LogP contribution < -0.4 is 10.5 Å². The molecule has 2 aromatic rings. The third kappa shape index (κ3) is 3.60. The average molecular weight is 297 g/mol. The number of nitrogens with two attached hydrogens (primary N) is 1. The molecule has 5 heteroatoms. The Morgan fingerprint density at radius 1 is 1.26 bits per heavy atom. The molecule has 0 amide bonds. The summed E-state index contributed by atoms with van der Waals surface area (Å²) in [7, 11) is 0. The zero-order chi connectivity index (χ0) is 13.8. The van der Waals surface area contributed by atoms with Crippen LogP contribution in [0, 0.1) is 0 Å². The fourth-order valence-corrected chi connectivity index (χ4v) is 1.88. The number of hydrogen-bond donors (Lipinski definition) is 1. The van der Waals surface area contributed by atoms with Crippen molar-refractivity contribution in [2.75, 3.05) is 0 Å². The second-order valence-electron chi connectivity index (χ2n) is 4.11. The van der Waals surface area contributed by atoms with E-state index in [2.05, 4.69) is 4.98 Å². The van der Waals surface area contributed by atoms with Crippen LogP contribution in [-0.4, -0.2) is 4.98 Å². The summed E-state index contributed by atoms with van der Waals surface area (Å²) in [6.45, 7) is 2.02. The summed E-state index contributed by atoms with van der Waals surface area (Å²) in [5.74, 6) is 1.10. The topological polar surface area (TPSA) is 48.1 Å². The predicted molar refractivity (Wildman–Crippen MR) is 78.0 cm³/mol. The first-order valence-electron chi connectivity index (χ1n) is 5.94. The van der Waals surface area contributed by atoms with Crippen molar-refractivity contribution >= 4 is 23.2 Å². The highest BCUT2D eigenvalue weighted by Gasteiger charge is 2.07. The zero-order valence-corrected chi connectivity index (χ0v) is 11.9. The van der Waals surface area contributed by atoms with E-state index in [0.29, 0.717) is 21.5 Å². The minimum absolute atomic E-state index is 0.0520. The molecule has 1 heterocycles. The van der Waals surface area contributed by atoms with E-state index >= 15 is 0 Å². The first kappa shape index (κ1) is 14.1. The molecule has 0 spiro atoms. The number of aromatic nitrogens is 1. The minimum Gasteiger partial charge on any atom is -0.454 e. The van der Waals surface area contributed by atoms with Gasteiger partial charge in [0.2, 0.25) is 0 Å². The highest BCUT2D eigenvalue weighted by atomic mass is 35.5. The van der Waals surface area contributed by atoms with Crippen LogP contribution in [0.25, 0.3) is 0 Å². The maximum atomic E-state index is 6.03. The monoisotopic (exact) mass is 296 g/mol. The van der Waals surface area contributed by atoms with Crippen LogP contribution in [0.5, 0.6) is 11.5 Å². The Balaban J connectivity index is 2.17. The number of nitrogens with zero attached hydrogens (tertiary/aromatic N) is 1. The molecule has 0 aliphatic carbocycles. The molecule has 0 aliphatic rings. The summed E-state index contributed by atoms with van der Waals surface area (Å²) in [5, 5.41) is 1.07. The van der Waals surface area contributed by atoms with Gasteiger partial charge in [-0.05, 0) is 30.7 Å². The number of benzene rings is 1. The van der Waals surface area contributed by atoms with E-state index in [1.165, 1.54) is 0 Å². The fraction of sp³-hybridized carbons (Fsp3) is 0.214. The van der Waals surface area contributed by atoms with E-state index in [-0.39, 0.29) is 6.04 Å². The summed E-state index contributed by atoms with van der Waals surface area (Å²) in [4.78, 5) is 4.27. The molecule has 0 aliphatic heterocycles. The Morgan fingerprint density at radius 3 is 2.68 bits per heavy atom. The van der Waals surface area contributed by atoms with Crippen LogP contribution in [0.1, 0.15) is 25.1 Å². The number of hydrogen-bond acceptors (Lipinski definition) is 3. The van der Waals surface area contributed by atoms with Gasteiger partial charge in [0, 0.05) is 17.1 Å². The third-order valence-electron chi connectivity index (χ3n) is 2.70. The zero-order valence-electron chi connectivity index (χ0n) is 10.4. The number of rotatable bonds is 4. The highest BCUT2D eigenvalue weighted by molar-refractivity contribution is 6.34. The van der Waals surface area contributed by atoms with Gasteiger partial charge in [-0.3, -0.25) is 4.98 Å². The quantitative estimate of drug-likeness (QED) is 0.897. The number of pyridine rings is 1. The first-order chi connectivity index (χ1) is 9.10. The van der Waals surface area contributed by atoms with Crippen LogP contribution in [0.3, 0.4) is 0 Å². The maximum Gasteiger partial charge on any atom is 0.147 e. The molecule has 0 fully saturated rings. The molecule has 0 radical (unpaired) electrons. The van der Waals surface area contributed by atoms with Gasteiger partial charge in [-0.15, -0.1) is 0 Å². The second kappa shape index (κ2) is 6.24. The maximum absolute atomic E-state index is 6.03. The van der Waals surface area contributed by atoms with Crippen LogP contribution in [0.15, 0.2) is 36.5 Å². The van der Waals surface area contributed by atoms with Crippen LogP contribution in [0.2, 0.25) is 10.0 Å². The van der Waals surface area contributed by atoms with Gasteiger partial charge in [-0.2, -0.15) is 0 Å². The fourth-order valence-electron chi connectivity index (χ4n) is 1.56. The summed E-state index contributed by atoms with van der Waals surface area (Å²) in [6.07, 6.45) is 2.47. The second-order valence-corrected chi connectivity index (χ2v) is 4.95. The molecule has 1 aromatic carbocycles. The summed E-state index contributed by atoms with van der Waals surface area (Å²) < 4.78 is 5.64. The molecule has 100 valence electrons. The molecule has 3 nitrogen and oxygen atoms in total. The van der Waals surface area contributed by atoms with Crippen molar-refractivity contribution in [3.05, 3.63) is 52.3 Å². The normalized spacial score (nSPS) is 12.2.